The Morgan fingerprint density at radius 1 is 0.967 bits per heavy atom. The van der Waals surface area contributed by atoms with E-state index in [1.807, 2.05) is 66.7 Å². The van der Waals surface area contributed by atoms with Gasteiger partial charge >= 0.3 is 24.1 Å². The predicted octanol–water partition coefficient (Wildman–Crippen LogP) is 7.83. The first-order valence-corrected chi connectivity index (χ1v) is 31.2. The summed E-state index contributed by atoms with van der Waals surface area (Å²) in [6.45, 7) is 26.8. The molecule has 3 fully saturated rings. The normalized spacial score (nSPS) is 30.9. The summed E-state index contributed by atoms with van der Waals surface area (Å²) in [5.74, 6) is -4.16. The van der Waals surface area contributed by atoms with Crippen molar-refractivity contribution in [3.05, 3.63) is 95.1 Å². The highest BCUT2D eigenvalue weighted by Gasteiger charge is 2.64. The minimum Gasteiger partial charge on any atom is -0.495 e. The largest absolute Gasteiger partial charge is 0.495 e. The molecule has 5 rings (SSSR count). The van der Waals surface area contributed by atoms with Crippen LogP contribution in [-0.2, 0) is 54.0 Å². The average Bonchev–Trinajstić information content (AvgIpc) is 1.58. The fourth-order valence-electron chi connectivity index (χ4n) is 12.1. The third-order valence-electron chi connectivity index (χ3n) is 18.2. The molecule has 4 amide bonds. The van der Waals surface area contributed by atoms with Crippen molar-refractivity contribution in [1.82, 2.24) is 10.2 Å². The number of nitrogens with zero attached hydrogens (tertiary/aromatic N) is 2. The summed E-state index contributed by atoms with van der Waals surface area (Å²) in [6.07, 6.45) is 7.06. The van der Waals surface area contributed by atoms with Crippen LogP contribution in [0.15, 0.2) is 84.5 Å². The second-order valence-electron chi connectivity index (χ2n) is 25.5. The van der Waals surface area contributed by atoms with E-state index >= 15 is 0 Å². The lowest BCUT2D eigenvalue weighted by Gasteiger charge is -2.42. The number of halogens is 1. The molecule has 0 saturated carbocycles. The number of likely N-dealkylation sites (N-methyl/N-ethyl adjacent to an activating group) is 1. The molecule has 1 aromatic carbocycles. The Kier molecular flexibility index (Phi) is 28.4. The van der Waals surface area contributed by atoms with Gasteiger partial charge in [0.25, 0.3) is 0 Å². The molecule has 90 heavy (non-hydrogen) atoms. The predicted molar refractivity (Wildman–Crippen MR) is 341 cm³/mol. The van der Waals surface area contributed by atoms with Gasteiger partial charge in [-0.05, 0) is 71.1 Å². The van der Waals surface area contributed by atoms with Crippen LogP contribution in [0.25, 0.3) is 0 Å². The number of nitrogens with two attached hydrogens (primary N) is 1. The maximum Gasteiger partial charge on any atom is 0.409 e. The van der Waals surface area contributed by atoms with Crippen molar-refractivity contribution in [3.8, 4) is 5.75 Å². The second kappa shape index (κ2) is 33.5. The van der Waals surface area contributed by atoms with Gasteiger partial charge in [-0.25, -0.2) is 14.4 Å². The van der Waals surface area contributed by atoms with Gasteiger partial charge in [-0.3, -0.25) is 19.7 Å². The Morgan fingerprint density at radius 3 is 2.22 bits per heavy atom. The van der Waals surface area contributed by atoms with E-state index in [9.17, 15) is 54.3 Å². The molecular weight excluding hydrogens is 1180 g/mol. The molecule has 0 unspecified atom stereocenters. The summed E-state index contributed by atoms with van der Waals surface area (Å²) in [4.78, 5) is 78.2. The monoisotopic (exact) mass is 1280 g/mol. The highest BCUT2D eigenvalue weighted by atomic mass is 35.5. The van der Waals surface area contributed by atoms with Crippen LogP contribution >= 0.6 is 11.6 Å². The number of ether oxygens (including phenoxy) is 7. The molecule has 1 aromatic rings. The van der Waals surface area contributed by atoms with Crippen LogP contribution in [0.2, 0.25) is 5.02 Å². The minimum atomic E-state index is -1.81. The lowest BCUT2D eigenvalue weighted by Crippen LogP contribution is -2.63. The lowest BCUT2D eigenvalue weighted by atomic mass is 9.81. The van der Waals surface area contributed by atoms with Crippen LogP contribution in [0.1, 0.15) is 121 Å². The molecule has 0 aliphatic carbocycles. The summed E-state index contributed by atoms with van der Waals surface area (Å²) in [6, 6.07) is 2.63. The van der Waals surface area contributed by atoms with Gasteiger partial charge in [0, 0.05) is 76.5 Å². The molecule has 4 bridgehead atoms. The number of carbonyl (C=O) groups is 6. The Labute approximate surface area is 536 Å². The Bertz CT molecular complexity index is 2830. The van der Waals surface area contributed by atoms with Crippen molar-refractivity contribution in [2.45, 2.75) is 201 Å². The number of aliphatic hydroxyl groups excluding tert-OH is 4. The summed E-state index contributed by atoms with van der Waals surface area (Å²) >= 11 is 6.71. The maximum absolute atomic E-state index is 14.0. The number of amides is 4. The van der Waals surface area contributed by atoms with Gasteiger partial charge in [-0.1, -0.05) is 132 Å². The van der Waals surface area contributed by atoms with E-state index in [1.165, 1.54) is 44.9 Å². The molecule has 504 valence electrons. The fraction of sp³-hybridized carbons (Fsp3) is 0.642. The fourth-order valence-corrected chi connectivity index (χ4v) is 12.4. The molecule has 4 aliphatic rings. The van der Waals surface area contributed by atoms with Crippen molar-refractivity contribution in [2.75, 3.05) is 33.2 Å². The van der Waals surface area contributed by atoms with Gasteiger partial charge in [0.15, 0.2) is 5.72 Å². The number of benzene rings is 1. The van der Waals surface area contributed by atoms with E-state index in [4.69, 9.17) is 50.5 Å². The van der Waals surface area contributed by atoms with Crippen molar-refractivity contribution >= 4 is 53.2 Å². The average molecular weight is 1290 g/mol. The number of aliphatic hydroxyl groups is 5. The summed E-state index contributed by atoms with van der Waals surface area (Å²) in [7, 11) is 5.97. The lowest BCUT2D eigenvalue weighted by molar-refractivity contribution is -0.179. The van der Waals surface area contributed by atoms with Crippen LogP contribution in [0.4, 0.5) is 15.3 Å². The first-order valence-electron chi connectivity index (χ1n) is 30.8. The molecule has 0 radical (unpaired) electrons. The van der Waals surface area contributed by atoms with Gasteiger partial charge in [-0.2, -0.15) is 0 Å². The van der Waals surface area contributed by atoms with Gasteiger partial charge in [0.2, 0.25) is 11.8 Å². The number of anilines is 1. The number of methoxy groups -OCH3 is 2. The summed E-state index contributed by atoms with van der Waals surface area (Å²) < 4.78 is 39.7. The van der Waals surface area contributed by atoms with E-state index in [2.05, 4.69) is 11.9 Å². The van der Waals surface area contributed by atoms with Gasteiger partial charge in [0.1, 0.15) is 52.9 Å². The third kappa shape index (κ3) is 19.9. The van der Waals surface area contributed by atoms with Crippen molar-refractivity contribution < 1.29 is 87.5 Å². The first-order chi connectivity index (χ1) is 42.0. The molecule has 21 atom stereocenters. The first kappa shape index (κ1) is 76.3. The Hall–Kier alpha value is -6.11. The maximum atomic E-state index is 14.0. The van der Waals surface area contributed by atoms with E-state index in [0.717, 1.165) is 16.7 Å². The highest BCUT2D eigenvalue weighted by Crippen LogP contribution is 2.49. The van der Waals surface area contributed by atoms with Gasteiger partial charge < -0.3 is 74.2 Å². The SMILES string of the molecule is C=C/C=C\[C@H](C)[C@H](OC(N)=O)[C@@H](C)[C@H](O)[C@@H](C)C/C(C)=C\[C@H](C)[C@@H](O)[C@@H](C)/C=C\[C@@H](O)C[C@@H]1OC(=O)[C@H](C)[C@@H](O)[C@H]1C.COc1cc2cc(c1Cl)N(C)C(=O)C[C@H](OC(=O)[C@H](C)N(C)C(C)=O)[C@]1(C)O[C@H]1[C@H](C)[C@@H]1C[C@@](O)(NC(=O)O1)[C@H](OC)/C=C/C=C(\C)C2. The van der Waals surface area contributed by atoms with Crippen LogP contribution in [0.5, 0.6) is 5.75 Å². The number of rotatable bonds is 21. The van der Waals surface area contributed by atoms with Gasteiger partial charge in [0.05, 0.1) is 55.7 Å². The smallest absolute Gasteiger partial charge is 0.409 e. The molecule has 4 heterocycles. The van der Waals surface area contributed by atoms with E-state index < -0.39 is 120 Å². The summed E-state index contributed by atoms with van der Waals surface area (Å²) in [5.41, 5.74) is 5.43. The van der Waals surface area contributed by atoms with Crippen molar-refractivity contribution in [1.29, 1.82) is 0 Å². The topological polar surface area (TPSA) is 316 Å². The second-order valence-corrected chi connectivity index (χ2v) is 25.8. The van der Waals surface area contributed by atoms with Crippen LogP contribution in [0.3, 0.4) is 0 Å². The van der Waals surface area contributed by atoms with E-state index in [-0.39, 0.29) is 65.7 Å². The zero-order valence-electron chi connectivity index (χ0n) is 55.5. The molecule has 3 saturated heterocycles. The minimum absolute atomic E-state index is 0.0436. The number of hydrogen-bond acceptors (Lipinski definition) is 18. The number of epoxide rings is 1. The molecule has 22 nitrogen and oxygen atoms in total. The van der Waals surface area contributed by atoms with Crippen LogP contribution in [0, 0.1) is 47.3 Å². The number of primary amides is 1. The van der Waals surface area contributed by atoms with E-state index in [1.54, 1.807) is 83.3 Å². The number of fused-ring (bicyclic) bond motifs is 5. The quantitative estimate of drug-likeness (QED) is 0.0203. The standard InChI is InChI=1S/C34H46ClN3O10.C33H55NO8/c1-18-11-10-12-26(45-9)34(43)17-25(46-32(42)36-34)19(2)30-33(5,48-30)27(47-31(41)20(3)37(6)21(4)39)16-28(40)38(7)23-14-22(13-18)15-24(44-8)29(23)35;1-10-11-12-20(4)31(42-33(34)40)24(8)29(37)22(6)16-18(2)15-21(5)28(36)19(3)13-14-26(35)17-27-23(7)30(38)25(9)32(39)41-27/h10-12,14-15,19-20,25-27,30,43H,13,16-17H2,1-9H3,(H,36,42);10-15,19-31,35-38H,1,16-17H2,2-9H3,(H2,34,40)/b12-10+,18-11+;12-11-,14-13-,18-15-/t19-,20+,25+,26-,27+,30+,33+,34+;19-,20-,21-,22-,23-,24-,25+,26+,27-,28-,29+,30-,31-/m10/s1. The molecular formula is C67H101ClN4O18. The molecule has 4 aliphatic heterocycles. The number of nitrogens with one attached hydrogen (secondary N) is 1. The zero-order chi connectivity index (χ0) is 68.0. The van der Waals surface area contributed by atoms with Crippen LogP contribution in [-0.4, -0.2) is 173 Å². The number of carbonyl (C=O) groups excluding carboxylic acids is 6. The van der Waals surface area contributed by atoms with Gasteiger partial charge in [-0.15, -0.1) is 0 Å². The molecule has 0 spiro atoms. The number of hydrogen-bond donors (Lipinski definition) is 7. The third-order valence-corrected chi connectivity index (χ3v) is 18.6. The Balaban J connectivity index is 0.000000389. The molecule has 0 aromatic heterocycles. The van der Waals surface area contributed by atoms with Crippen molar-refractivity contribution in [3.63, 3.8) is 0 Å². The number of esters is 2. The highest BCUT2D eigenvalue weighted by molar-refractivity contribution is 6.35. The Morgan fingerprint density at radius 2 is 1.62 bits per heavy atom. The molecule has 23 heteroatoms. The molecule has 8 N–H and O–H groups in total. The van der Waals surface area contributed by atoms with E-state index in [0.29, 0.717) is 24.3 Å². The number of alkyl carbamates (subject to hydrolysis) is 1. The summed E-state index contributed by atoms with van der Waals surface area (Å²) in [5, 5.41) is 57.2. The number of cyclic esters (lactones) is 1. The van der Waals surface area contributed by atoms with Crippen molar-refractivity contribution in [2.24, 2.45) is 53.1 Å². The van der Waals surface area contributed by atoms with Crippen LogP contribution < -0.4 is 20.7 Å². The number of allylic oxidation sites excluding steroid dienone is 6. The zero-order valence-corrected chi connectivity index (χ0v) is 56.2.